The van der Waals surface area contributed by atoms with Crippen LogP contribution in [0.1, 0.15) is 5.56 Å². The number of carbonyl (C=O) groups excluding carboxylic acids is 1. The zero-order valence-electron chi connectivity index (χ0n) is 18.8. The number of hydrogen-bond donors (Lipinski definition) is 2. The van der Waals surface area contributed by atoms with Crippen molar-refractivity contribution in [3.63, 3.8) is 0 Å². The van der Waals surface area contributed by atoms with E-state index in [4.69, 9.17) is 21.1 Å². The van der Waals surface area contributed by atoms with Gasteiger partial charge < -0.3 is 14.8 Å². The van der Waals surface area contributed by atoms with Gasteiger partial charge in [-0.05, 0) is 58.8 Å². The number of rotatable bonds is 9. The van der Waals surface area contributed by atoms with Crippen LogP contribution < -0.4 is 19.5 Å². The van der Waals surface area contributed by atoms with Crippen LogP contribution in [0.2, 0.25) is 5.02 Å². The van der Waals surface area contributed by atoms with Crippen LogP contribution in [0.5, 0.6) is 11.5 Å². The van der Waals surface area contributed by atoms with E-state index in [9.17, 15) is 13.2 Å². The SMILES string of the molecule is COc1ccc(NS(=O)(=O)c2ccc(OCC(=O)NCc3cccc4ccccc34)cc2)cc1Cl. The standard InChI is InChI=1S/C26H23ClN2O5S/c1-33-25-14-9-20(15-24(25)27)29-35(31,32)22-12-10-21(11-13-22)34-17-26(30)28-16-19-7-4-6-18-5-2-3-8-23(18)19/h2-15,29H,16-17H2,1H3,(H,28,30). The average Bonchev–Trinajstić information content (AvgIpc) is 2.86. The molecule has 0 bridgehead atoms. The van der Waals surface area contributed by atoms with E-state index in [1.807, 2.05) is 42.5 Å². The van der Waals surface area contributed by atoms with E-state index in [1.165, 1.54) is 37.4 Å². The summed E-state index contributed by atoms with van der Waals surface area (Å²) < 4.78 is 38.4. The average molecular weight is 511 g/mol. The van der Waals surface area contributed by atoms with Crippen LogP contribution >= 0.6 is 11.6 Å². The van der Waals surface area contributed by atoms with Crippen LogP contribution in [0.25, 0.3) is 10.8 Å². The molecule has 35 heavy (non-hydrogen) atoms. The van der Waals surface area contributed by atoms with Crippen molar-refractivity contribution in [2.45, 2.75) is 11.4 Å². The highest BCUT2D eigenvalue weighted by Crippen LogP contribution is 2.28. The summed E-state index contributed by atoms with van der Waals surface area (Å²) in [6.07, 6.45) is 0. The lowest BCUT2D eigenvalue weighted by molar-refractivity contribution is -0.123. The highest BCUT2D eigenvalue weighted by Gasteiger charge is 2.15. The zero-order chi connectivity index (χ0) is 24.8. The van der Waals surface area contributed by atoms with Gasteiger partial charge in [0.1, 0.15) is 11.5 Å². The first-order chi connectivity index (χ1) is 16.9. The first-order valence-electron chi connectivity index (χ1n) is 10.7. The quantitative estimate of drug-likeness (QED) is 0.330. The van der Waals surface area contributed by atoms with Crippen molar-refractivity contribution < 1.29 is 22.7 Å². The lowest BCUT2D eigenvalue weighted by Crippen LogP contribution is -2.28. The van der Waals surface area contributed by atoms with Gasteiger partial charge in [0.15, 0.2) is 6.61 Å². The molecule has 0 aliphatic rings. The molecule has 0 radical (unpaired) electrons. The number of sulfonamides is 1. The van der Waals surface area contributed by atoms with E-state index in [-0.39, 0.29) is 22.4 Å². The number of amides is 1. The first-order valence-corrected chi connectivity index (χ1v) is 12.5. The third kappa shape index (κ3) is 6.03. The van der Waals surface area contributed by atoms with Gasteiger partial charge in [0.05, 0.1) is 22.7 Å². The summed E-state index contributed by atoms with van der Waals surface area (Å²) >= 11 is 6.06. The van der Waals surface area contributed by atoms with E-state index in [0.717, 1.165) is 16.3 Å². The normalized spacial score (nSPS) is 11.1. The fourth-order valence-corrected chi connectivity index (χ4v) is 4.81. The van der Waals surface area contributed by atoms with Crippen molar-refractivity contribution in [2.75, 3.05) is 18.4 Å². The van der Waals surface area contributed by atoms with Gasteiger partial charge in [-0.25, -0.2) is 8.42 Å². The molecule has 0 saturated heterocycles. The monoisotopic (exact) mass is 510 g/mol. The Morgan fingerprint density at radius 1 is 0.943 bits per heavy atom. The Hall–Kier alpha value is -3.75. The highest BCUT2D eigenvalue weighted by molar-refractivity contribution is 7.92. The van der Waals surface area contributed by atoms with Gasteiger partial charge in [-0.3, -0.25) is 9.52 Å². The van der Waals surface area contributed by atoms with E-state index in [0.29, 0.717) is 23.7 Å². The number of nitrogens with one attached hydrogen (secondary N) is 2. The molecule has 180 valence electrons. The van der Waals surface area contributed by atoms with Crippen molar-refractivity contribution in [3.8, 4) is 11.5 Å². The smallest absolute Gasteiger partial charge is 0.261 e. The molecule has 0 atom stereocenters. The van der Waals surface area contributed by atoms with E-state index in [2.05, 4.69) is 10.0 Å². The molecule has 7 nitrogen and oxygen atoms in total. The molecule has 2 N–H and O–H groups in total. The van der Waals surface area contributed by atoms with Gasteiger partial charge in [-0.2, -0.15) is 0 Å². The minimum atomic E-state index is -3.84. The summed E-state index contributed by atoms with van der Waals surface area (Å²) in [6.45, 7) is 0.182. The predicted octanol–water partition coefficient (Wildman–Crippen LogP) is 5.00. The lowest BCUT2D eigenvalue weighted by atomic mass is 10.0. The second kappa shape index (κ2) is 10.7. The van der Waals surface area contributed by atoms with Crippen molar-refractivity contribution in [1.29, 1.82) is 0 Å². The molecular weight excluding hydrogens is 488 g/mol. The van der Waals surface area contributed by atoms with Crippen molar-refractivity contribution in [3.05, 3.63) is 95.5 Å². The summed E-state index contributed by atoms with van der Waals surface area (Å²) in [6, 6.07) is 24.3. The van der Waals surface area contributed by atoms with Crippen LogP contribution in [-0.4, -0.2) is 28.0 Å². The molecule has 0 aliphatic heterocycles. The van der Waals surface area contributed by atoms with E-state index >= 15 is 0 Å². The number of fused-ring (bicyclic) bond motifs is 1. The minimum absolute atomic E-state index is 0.0391. The number of methoxy groups -OCH3 is 1. The van der Waals surface area contributed by atoms with Crippen LogP contribution in [0.3, 0.4) is 0 Å². The number of ether oxygens (including phenoxy) is 2. The Kier molecular flexibility index (Phi) is 7.43. The maximum absolute atomic E-state index is 12.7. The van der Waals surface area contributed by atoms with Gasteiger partial charge in [-0.15, -0.1) is 0 Å². The molecule has 0 aliphatic carbocycles. The largest absolute Gasteiger partial charge is 0.495 e. The maximum atomic E-state index is 12.7. The van der Waals surface area contributed by atoms with E-state index < -0.39 is 10.0 Å². The molecule has 4 rings (SSSR count). The molecule has 9 heteroatoms. The van der Waals surface area contributed by atoms with Gasteiger partial charge in [0, 0.05) is 6.54 Å². The molecule has 0 fully saturated rings. The zero-order valence-corrected chi connectivity index (χ0v) is 20.4. The summed E-state index contributed by atoms with van der Waals surface area (Å²) in [5, 5.41) is 5.32. The van der Waals surface area contributed by atoms with Gasteiger partial charge in [0.25, 0.3) is 15.9 Å². The molecule has 4 aromatic carbocycles. The fourth-order valence-electron chi connectivity index (χ4n) is 3.50. The maximum Gasteiger partial charge on any atom is 0.261 e. The Morgan fingerprint density at radius 3 is 2.43 bits per heavy atom. The summed E-state index contributed by atoms with van der Waals surface area (Å²) in [5.74, 6) is 0.529. The van der Waals surface area contributed by atoms with Crippen molar-refractivity contribution >= 4 is 44.0 Å². The van der Waals surface area contributed by atoms with Crippen LogP contribution in [-0.2, 0) is 21.4 Å². The number of anilines is 1. The third-order valence-corrected chi connectivity index (χ3v) is 6.96. The summed E-state index contributed by atoms with van der Waals surface area (Å²) in [5.41, 5.74) is 1.32. The van der Waals surface area contributed by atoms with Gasteiger partial charge in [0.2, 0.25) is 0 Å². The van der Waals surface area contributed by atoms with Crippen molar-refractivity contribution in [2.24, 2.45) is 0 Å². The van der Waals surface area contributed by atoms with Crippen LogP contribution in [0.15, 0.2) is 89.8 Å². The second-order valence-corrected chi connectivity index (χ2v) is 9.72. The Bertz CT molecular complexity index is 1450. The van der Waals surface area contributed by atoms with E-state index in [1.54, 1.807) is 12.1 Å². The predicted molar refractivity (Wildman–Crippen MR) is 137 cm³/mol. The molecular formula is C26H23ClN2O5S. The number of carbonyl (C=O) groups is 1. The Labute approximate surface area is 208 Å². The molecule has 1 amide bonds. The van der Waals surface area contributed by atoms with Crippen molar-refractivity contribution in [1.82, 2.24) is 5.32 Å². The minimum Gasteiger partial charge on any atom is -0.495 e. The number of benzene rings is 4. The molecule has 0 saturated carbocycles. The van der Waals surface area contributed by atoms with Gasteiger partial charge in [-0.1, -0.05) is 54.1 Å². The number of halogens is 1. The highest BCUT2D eigenvalue weighted by atomic mass is 35.5. The fraction of sp³-hybridized carbons (Fsp3) is 0.115. The second-order valence-electron chi connectivity index (χ2n) is 7.63. The molecule has 0 heterocycles. The molecule has 0 unspecified atom stereocenters. The van der Waals surface area contributed by atoms with Gasteiger partial charge >= 0.3 is 0 Å². The topological polar surface area (TPSA) is 93.7 Å². The molecule has 0 spiro atoms. The lowest BCUT2D eigenvalue weighted by Gasteiger charge is -2.11. The van der Waals surface area contributed by atoms with Crippen LogP contribution in [0, 0.1) is 0 Å². The summed E-state index contributed by atoms with van der Waals surface area (Å²) in [4.78, 5) is 12.3. The van der Waals surface area contributed by atoms with Crippen LogP contribution in [0.4, 0.5) is 5.69 Å². The molecule has 0 aromatic heterocycles. The Morgan fingerprint density at radius 2 is 1.69 bits per heavy atom. The third-order valence-electron chi connectivity index (χ3n) is 5.26. The first kappa shape index (κ1) is 24.4. The summed E-state index contributed by atoms with van der Waals surface area (Å²) in [7, 11) is -2.36. The Balaban J connectivity index is 1.32. The molecule has 4 aromatic rings. The number of hydrogen-bond acceptors (Lipinski definition) is 5.